The smallest absolute Gasteiger partial charge is 0.310 e. The number of halogens is 1. The lowest BCUT2D eigenvalue weighted by Crippen LogP contribution is -2.34. The molecule has 0 aliphatic carbocycles. The molecule has 110 valence electrons. The lowest BCUT2D eigenvalue weighted by Gasteiger charge is -2.26. The average Bonchev–Trinajstić information content (AvgIpc) is 2.40. The van der Waals surface area contributed by atoms with Gasteiger partial charge in [0.05, 0.1) is 11.1 Å². The molecule has 2 N–H and O–H groups in total. The Kier molecular flexibility index (Phi) is 5.51. The van der Waals surface area contributed by atoms with Crippen LogP contribution in [-0.4, -0.2) is 22.0 Å². The van der Waals surface area contributed by atoms with E-state index >= 15 is 0 Å². The van der Waals surface area contributed by atoms with Crippen LogP contribution in [0, 0.1) is 12.3 Å². The third-order valence-electron chi connectivity index (χ3n) is 3.68. The van der Waals surface area contributed by atoms with Crippen molar-refractivity contribution in [3.63, 3.8) is 0 Å². The van der Waals surface area contributed by atoms with Gasteiger partial charge in [0, 0.05) is 12.6 Å². The fraction of sp³-hybridized carbons (Fsp3) is 0.500. The van der Waals surface area contributed by atoms with Gasteiger partial charge in [-0.25, -0.2) is 4.98 Å². The molecule has 20 heavy (non-hydrogen) atoms. The highest BCUT2D eigenvalue weighted by molar-refractivity contribution is 6.32. The normalized spacial score (nSPS) is 11.2. The molecule has 0 bridgehead atoms. The Bertz CT molecular complexity index is 493. The number of hydrogen-bond donors (Lipinski definition) is 2. The zero-order valence-corrected chi connectivity index (χ0v) is 12.6. The number of carboxylic acids is 1. The molecular formula is C14H19ClN2O3. The highest BCUT2D eigenvalue weighted by atomic mass is 35.5. The standard InChI is InChI=1S/C14H19ClN2O3/c1-4-14(5-2,13(19)20)8-10(18)17-11-9(3)6-7-16-12(11)15/h6-7H,4-5,8H2,1-3H3,(H,17,18)(H,19,20). The molecule has 1 amide bonds. The third kappa shape index (κ3) is 3.48. The summed E-state index contributed by atoms with van der Waals surface area (Å²) in [5, 5.41) is 12.2. The van der Waals surface area contributed by atoms with Gasteiger partial charge in [-0.2, -0.15) is 0 Å². The second-order valence-corrected chi connectivity index (χ2v) is 5.17. The summed E-state index contributed by atoms with van der Waals surface area (Å²) in [5.41, 5.74) is 0.185. The number of nitrogens with zero attached hydrogens (tertiary/aromatic N) is 1. The Hall–Kier alpha value is -1.62. The van der Waals surface area contributed by atoms with E-state index < -0.39 is 11.4 Å². The molecule has 0 atom stereocenters. The monoisotopic (exact) mass is 298 g/mol. The van der Waals surface area contributed by atoms with Gasteiger partial charge in [-0.1, -0.05) is 25.4 Å². The zero-order chi connectivity index (χ0) is 15.3. The van der Waals surface area contributed by atoms with E-state index in [1.165, 1.54) is 0 Å². The molecule has 0 saturated carbocycles. The van der Waals surface area contributed by atoms with Crippen LogP contribution in [0.3, 0.4) is 0 Å². The summed E-state index contributed by atoms with van der Waals surface area (Å²) in [7, 11) is 0. The van der Waals surface area contributed by atoms with Gasteiger partial charge in [-0.05, 0) is 31.4 Å². The van der Waals surface area contributed by atoms with E-state index in [1.54, 1.807) is 33.0 Å². The van der Waals surface area contributed by atoms with Gasteiger partial charge in [0.2, 0.25) is 5.91 Å². The van der Waals surface area contributed by atoms with E-state index in [4.69, 9.17) is 11.6 Å². The Morgan fingerprint density at radius 2 is 2.00 bits per heavy atom. The average molecular weight is 299 g/mol. The maximum absolute atomic E-state index is 12.1. The molecular weight excluding hydrogens is 280 g/mol. The molecule has 0 aromatic carbocycles. The van der Waals surface area contributed by atoms with Crippen molar-refractivity contribution in [1.29, 1.82) is 0 Å². The number of carbonyl (C=O) groups excluding carboxylic acids is 1. The lowest BCUT2D eigenvalue weighted by atomic mass is 9.79. The number of anilines is 1. The number of hydrogen-bond acceptors (Lipinski definition) is 3. The van der Waals surface area contributed by atoms with Crippen molar-refractivity contribution in [2.45, 2.75) is 40.0 Å². The van der Waals surface area contributed by atoms with Crippen LogP contribution in [0.5, 0.6) is 0 Å². The second-order valence-electron chi connectivity index (χ2n) is 4.81. The summed E-state index contributed by atoms with van der Waals surface area (Å²) < 4.78 is 0. The van der Waals surface area contributed by atoms with Crippen LogP contribution in [0.2, 0.25) is 5.15 Å². The number of carbonyl (C=O) groups is 2. The summed E-state index contributed by atoms with van der Waals surface area (Å²) in [6.45, 7) is 5.34. The van der Waals surface area contributed by atoms with Gasteiger partial charge in [-0.3, -0.25) is 9.59 Å². The zero-order valence-electron chi connectivity index (χ0n) is 11.9. The van der Waals surface area contributed by atoms with Crippen LogP contribution >= 0.6 is 11.6 Å². The van der Waals surface area contributed by atoms with E-state index in [2.05, 4.69) is 10.3 Å². The van der Waals surface area contributed by atoms with Crippen LogP contribution in [0.25, 0.3) is 0 Å². The number of aromatic nitrogens is 1. The molecule has 6 heteroatoms. The number of carboxylic acid groups (broad SMARTS) is 1. The number of aliphatic carboxylic acids is 1. The highest BCUT2D eigenvalue weighted by Crippen LogP contribution is 2.32. The van der Waals surface area contributed by atoms with Crippen LogP contribution in [0.1, 0.15) is 38.7 Å². The Morgan fingerprint density at radius 1 is 1.40 bits per heavy atom. The van der Waals surface area contributed by atoms with E-state index in [0.717, 1.165) is 5.56 Å². The van der Waals surface area contributed by atoms with Gasteiger partial charge in [0.15, 0.2) is 5.15 Å². The second kappa shape index (κ2) is 6.70. The Balaban J connectivity index is 2.89. The molecule has 0 fully saturated rings. The molecule has 1 aromatic rings. The van der Waals surface area contributed by atoms with Gasteiger partial charge < -0.3 is 10.4 Å². The molecule has 1 heterocycles. The van der Waals surface area contributed by atoms with Gasteiger partial charge in [0.1, 0.15) is 0 Å². The largest absolute Gasteiger partial charge is 0.481 e. The summed E-state index contributed by atoms with van der Waals surface area (Å²) in [6, 6.07) is 1.73. The van der Waals surface area contributed by atoms with Crippen molar-refractivity contribution < 1.29 is 14.7 Å². The molecule has 5 nitrogen and oxygen atoms in total. The Morgan fingerprint density at radius 3 is 2.45 bits per heavy atom. The number of amides is 1. The summed E-state index contributed by atoms with van der Waals surface area (Å²) >= 11 is 5.93. The number of aryl methyl sites for hydroxylation is 1. The minimum atomic E-state index is -1.04. The van der Waals surface area contributed by atoms with Crippen molar-refractivity contribution in [3.05, 3.63) is 23.0 Å². The topological polar surface area (TPSA) is 79.3 Å². The molecule has 1 aromatic heterocycles. The number of rotatable bonds is 6. The predicted octanol–water partition coefficient (Wildman–Crippen LogP) is 3.26. The Labute approximate surface area is 123 Å². The van der Waals surface area contributed by atoms with Crippen molar-refractivity contribution >= 4 is 29.2 Å². The van der Waals surface area contributed by atoms with Crippen molar-refractivity contribution in [3.8, 4) is 0 Å². The predicted molar refractivity (Wildman–Crippen MR) is 77.9 cm³/mol. The SMILES string of the molecule is CCC(CC)(CC(=O)Nc1c(C)ccnc1Cl)C(=O)O. The highest BCUT2D eigenvalue weighted by Gasteiger charge is 2.37. The minimum Gasteiger partial charge on any atom is -0.481 e. The van der Waals surface area contributed by atoms with Crippen LogP contribution in [0.15, 0.2) is 12.3 Å². The van der Waals surface area contributed by atoms with Crippen molar-refractivity contribution in [2.24, 2.45) is 5.41 Å². The van der Waals surface area contributed by atoms with Gasteiger partial charge >= 0.3 is 5.97 Å². The summed E-state index contributed by atoms with van der Waals surface area (Å²) in [5.74, 6) is -1.32. The molecule has 0 aliphatic heterocycles. The first-order valence-electron chi connectivity index (χ1n) is 6.50. The fourth-order valence-electron chi connectivity index (χ4n) is 2.04. The summed E-state index contributed by atoms with van der Waals surface area (Å²) in [4.78, 5) is 27.4. The van der Waals surface area contributed by atoms with Gasteiger partial charge in [0.25, 0.3) is 0 Å². The van der Waals surface area contributed by atoms with Gasteiger partial charge in [-0.15, -0.1) is 0 Å². The quantitative estimate of drug-likeness (QED) is 0.790. The molecule has 0 saturated heterocycles. The van der Waals surface area contributed by atoms with Crippen molar-refractivity contribution in [1.82, 2.24) is 4.98 Å². The van der Waals surface area contributed by atoms with E-state index in [-0.39, 0.29) is 17.5 Å². The maximum Gasteiger partial charge on any atom is 0.310 e. The number of pyridine rings is 1. The van der Waals surface area contributed by atoms with Crippen LogP contribution in [0.4, 0.5) is 5.69 Å². The van der Waals surface area contributed by atoms with Crippen molar-refractivity contribution in [2.75, 3.05) is 5.32 Å². The number of nitrogens with one attached hydrogen (secondary N) is 1. The van der Waals surface area contributed by atoms with E-state index in [1.807, 2.05) is 0 Å². The maximum atomic E-state index is 12.1. The van der Waals surface area contributed by atoms with E-state index in [9.17, 15) is 14.7 Å². The molecule has 0 spiro atoms. The molecule has 0 unspecified atom stereocenters. The first-order chi connectivity index (χ1) is 9.36. The minimum absolute atomic E-state index is 0.0833. The summed E-state index contributed by atoms with van der Waals surface area (Å²) in [6.07, 6.45) is 2.25. The first-order valence-corrected chi connectivity index (χ1v) is 6.88. The van der Waals surface area contributed by atoms with Crippen LogP contribution < -0.4 is 5.32 Å². The lowest BCUT2D eigenvalue weighted by molar-refractivity contribution is -0.151. The first kappa shape index (κ1) is 16.4. The van der Waals surface area contributed by atoms with E-state index in [0.29, 0.717) is 18.5 Å². The molecule has 0 aliphatic rings. The molecule has 1 rings (SSSR count). The fourth-order valence-corrected chi connectivity index (χ4v) is 2.30. The van der Waals surface area contributed by atoms with Crippen LogP contribution in [-0.2, 0) is 9.59 Å². The molecule has 0 radical (unpaired) electrons. The third-order valence-corrected chi connectivity index (χ3v) is 3.97.